The van der Waals surface area contributed by atoms with Crippen molar-refractivity contribution in [3.8, 4) is 22.8 Å². The summed E-state index contributed by atoms with van der Waals surface area (Å²) in [7, 11) is 3.17. The van der Waals surface area contributed by atoms with E-state index in [0.717, 1.165) is 27.3 Å². The first kappa shape index (κ1) is 21.6. The number of nitrogens with one attached hydrogen (secondary N) is 2. The molecular weight excluding hydrogens is 400 g/mol. The van der Waals surface area contributed by atoms with E-state index in [2.05, 4.69) is 15.2 Å². The van der Waals surface area contributed by atoms with Gasteiger partial charge in [0, 0.05) is 23.9 Å². The smallest absolute Gasteiger partial charge is 0.266 e. The van der Waals surface area contributed by atoms with E-state index in [9.17, 15) is 4.79 Å². The lowest BCUT2D eigenvalue weighted by Crippen LogP contribution is -2.32. The predicted molar refractivity (Wildman–Crippen MR) is 118 cm³/mol. The number of aromatic nitrogens is 1. The first-order chi connectivity index (χ1) is 14.5. The Balaban J connectivity index is 1.74. The van der Waals surface area contributed by atoms with E-state index in [0.29, 0.717) is 23.6 Å². The summed E-state index contributed by atoms with van der Waals surface area (Å²) in [6.45, 7) is 2.37. The van der Waals surface area contributed by atoms with Crippen molar-refractivity contribution >= 4 is 17.9 Å². The van der Waals surface area contributed by atoms with Crippen molar-refractivity contribution < 1.29 is 14.3 Å². The minimum atomic E-state index is -0.267. The first-order valence-electron chi connectivity index (χ1n) is 9.26. The molecule has 0 saturated carbocycles. The maximum atomic E-state index is 12.7. The van der Waals surface area contributed by atoms with Crippen molar-refractivity contribution in [3.05, 3.63) is 71.4 Å². The highest BCUT2D eigenvalue weighted by Crippen LogP contribution is 2.35. The molecule has 3 rings (SSSR count). The summed E-state index contributed by atoms with van der Waals surface area (Å²) >= 11 is 1.20. The molecule has 156 valence electrons. The number of hydrogen-bond acceptors (Lipinski definition) is 7. The Labute approximate surface area is 180 Å². The van der Waals surface area contributed by atoms with Gasteiger partial charge in [0.05, 0.1) is 19.9 Å². The third-order valence-electron chi connectivity index (χ3n) is 4.40. The van der Waals surface area contributed by atoms with E-state index in [4.69, 9.17) is 15.2 Å². The molecule has 2 aromatic carbocycles. The number of hydrogen-bond donors (Lipinski definition) is 3. The lowest BCUT2D eigenvalue weighted by Gasteiger charge is -2.13. The number of rotatable bonds is 8. The second-order valence-electron chi connectivity index (χ2n) is 6.49. The maximum Gasteiger partial charge on any atom is 0.266 e. The number of carbonyl (C=O) groups excluding carboxylic acids is 1. The number of amides is 1. The number of methoxy groups -OCH3 is 2. The predicted octanol–water partition coefficient (Wildman–Crippen LogP) is 3.47. The van der Waals surface area contributed by atoms with Gasteiger partial charge in [0.1, 0.15) is 16.4 Å². The highest BCUT2D eigenvalue weighted by Gasteiger charge is 2.13. The third kappa shape index (κ3) is 5.10. The Bertz CT molecular complexity index is 1020. The van der Waals surface area contributed by atoms with Crippen LogP contribution in [0.4, 0.5) is 0 Å². The zero-order chi connectivity index (χ0) is 21.5. The Morgan fingerprint density at radius 1 is 1.10 bits per heavy atom. The van der Waals surface area contributed by atoms with E-state index < -0.39 is 0 Å². The summed E-state index contributed by atoms with van der Waals surface area (Å²) in [5.74, 6) is 1.02. The Kier molecular flexibility index (Phi) is 7.29. The number of carbonyl (C=O) groups is 1. The lowest BCUT2D eigenvalue weighted by molar-refractivity contribution is 0.0947. The highest BCUT2D eigenvalue weighted by atomic mass is 32.2. The van der Waals surface area contributed by atoms with Gasteiger partial charge >= 0.3 is 0 Å². The molecule has 1 aromatic heterocycles. The molecule has 0 aliphatic carbocycles. The van der Waals surface area contributed by atoms with Crippen LogP contribution in [-0.4, -0.2) is 25.1 Å². The molecular formula is C22H24N4O3S. The van der Waals surface area contributed by atoms with Crippen molar-refractivity contribution in [1.29, 1.82) is 0 Å². The fraction of sp³-hybridized carbons (Fsp3) is 0.182. The van der Waals surface area contributed by atoms with Gasteiger partial charge in [-0.05, 0) is 72.5 Å². The number of aryl methyl sites for hydroxylation is 1. The van der Waals surface area contributed by atoms with Crippen molar-refractivity contribution in [2.24, 2.45) is 5.73 Å². The topological polar surface area (TPSA) is 98.5 Å². The van der Waals surface area contributed by atoms with Crippen LogP contribution < -0.4 is 25.5 Å². The van der Waals surface area contributed by atoms with E-state index in [-0.39, 0.29) is 5.91 Å². The average Bonchev–Trinajstić information content (AvgIpc) is 2.78. The fourth-order valence-corrected chi connectivity index (χ4v) is 3.68. The minimum Gasteiger partial charge on any atom is -0.495 e. The SMILES string of the molecule is COc1cccc(OC)c1SNNC(=O)c1cc(C)cc(-c2cc(CN)ccn2)c1. The quantitative estimate of drug-likeness (QED) is 0.376. The van der Waals surface area contributed by atoms with Gasteiger partial charge in [-0.1, -0.05) is 6.07 Å². The Morgan fingerprint density at radius 2 is 1.83 bits per heavy atom. The van der Waals surface area contributed by atoms with Gasteiger partial charge in [-0.25, -0.2) is 0 Å². The number of hydrazine groups is 1. The molecule has 0 aliphatic rings. The second-order valence-corrected chi connectivity index (χ2v) is 7.31. The van der Waals surface area contributed by atoms with Crippen LogP contribution in [0.15, 0.2) is 59.6 Å². The molecule has 8 heteroatoms. The van der Waals surface area contributed by atoms with E-state index in [1.807, 2.05) is 49.4 Å². The van der Waals surface area contributed by atoms with Crippen molar-refractivity contribution in [3.63, 3.8) is 0 Å². The molecule has 30 heavy (non-hydrogen) atoms. The van der Waals surface area contributed by atoms with Crippen LogP contribution in [0.5, 0.6) is 11.5 Å². The first-order valence-corrected chi connectivity index (χ1v) is 10.1. The number of pyridine rings is 1. The van der Waals surface area contributed by atoms with Gasteiger partial charge in [0.2, 0.25) is 0 Å². The molecule has 0 fully saturated rings. The van der Waals surface area contributed by atoms with Crippen LogP contribution in [0.1, 0.15) is 21.5 Å². The maximum absolute atomic E-state index is 12.7. The normalized spacial score (nSPS) is 10.5. The van der Waals surface area contributed by atoms with Gasteiger partial charge < -0.3 is 15.2 Å². The standard InChI is InChI=1S/C22H24N4O3S/c1-14-9-16(18-11-15(13-23)7-8-24-18)12-17(10-14)22(27)25-26-30-21-19(28-2)5-4-6-20(21)29-3/h4-12,26H,13,23H2,1-3H3,(H,25,27). The monoisotopic (exact) mass is 424 g/mol. The minimum absolute atomic E-state index is 0.267. The highest BCUT2D eigenvalue weighted by molar-refractivity contribution is 7.97. The molecule has 4 N–H and O–H groups in total. The molecule has 0 aliphatic heterocycles. The summed E-state index contributed by atoms with van der Waals surface area (Å²) in [5, 5.41) is 0. The van der Waals surface area contributed by atoms with E-state index in [1.165, 1.54) is 11.9 Å². The zero-order valence-corrected chi connectivity index (χ0v) is 17.9. The summed E-state index contributed by atoms with van der Waals surface area (Å²) in [4.78, 5) is 20.7. The van der Waals surface area contributed by atoms with Crippen LogP contribution in [-0.2, 0) is 6.54 Å². The van der Waals surface area contributed by atoms with Gasteiger partial charge in [-0.3, -0.25) is 15.2 Å². The number of nitrogens with zero attached hydrogens (tertiary/aromatic N) is 1. The molecule has 0 bridgehead atoms. The number of nitrogens with two attached hydrogens (primary N) is 1. The van der Waals surface area contributed by atoms with Gasteiger partial charge in [-0.2, -0.15) is 4.83 Å². The summed E-state index contributed by atoms with van der Waals surface area (Å²) in [6.07, 6.45) is 1.72. The van der Waals surface area contributed by atoms with Crippen molar-refractivity contribution in [2.45, 2.75) is 18.4 Å². The van der Waals surface area contributed by atoms with Gasteiger partial charge in [0.25, 0.3) is 5.91 Å². The zero-order valence-electron chi connectivity index (χ0n) is 17.1. The van der Waals surface area contributed by atoms with Crippen LogP contribution in [0.2, 0.25) is 0 Å². The molecule has 7 nitrogen and oxygen atoms in total. The van der Waals surface area contributed by atoms with Crippen LogP contribution in [0.25, 0.3) is 11.3 Å². The summed E-state index contributed by atoms with van der Waals surface area (Å²) in [5.41, 5.74) is 12.5. The lowest BCUT2D eigenvalue weighted by atomic mass is 10.0. The molecule has 1 amide bonds. The van der Waals surface area contributed by atoms with Crippen LogP contribution >= 0.6 is 11.9 Å². The van der Waals surface area contributed by atoms with Gasteiger partial charge in [-0.15, -0.1) is 0 Å². The van der Waals surface area contributed by atoms with Crippen LogP contribution in [0, 0.1) is 6.92 Å². The van der Waals surface area contributed by atoms with Crippen molar-refractivity contribution in [1.82, 2.24) is 15.2 Å². The third-order valence-corrected chi connectivity index (χ3v) is 5.21. The average molecular weight is 425 g/mol. The molecule has 0 spiro atoms. The molecule has 0 unspecified atom stereocenters. The fourth-order valence-electron chi connectivity index (χ4n) is 2.93. The molecule has 0 radical (unpaired) electrons. The molecule has 1 heterocycles. The summed E-state index contributed by atoms with van der Waals surface area (Å²) in [6, 6.07) is 14.9. The van der Waals surface area contributed by atoms with Crippen molar-refractivity contribution in [2.75, 3.05) is 14.2 Å². The number of ether oxygens (including phenoxy) is 2. The van der Waals surface area contributed by atoms with Gasteiger partial charge in [0.15, 0.2) is 0 Å². The molecule has 0 atom stereocenters. The summed E-state index contributed by atoms with van der Waals surface area (Å²) < 4.78 is 10.7. The Hall–Kier alpha value is -3.07. The van der Waals surface area contributed by atoms with E-state index in [1.54, 1.807) is 26.5 Å². The van der Waals surface area contributed by atoms with E-state index >= 15 is 0 Å². The molecule has 3 aromatic rings. The number of benzene rings is 2. The second kappa shape index (κ2) is 10.1. The molecule has 0 saturated heterocycles. The van der Waals surface area contributed by atoms with Crippen LogP contribution in [0.3, 0.4) is 0 Å². The largest absolute Gasteiger partial charge is 0.495 e. The Morgan fingerprint density at radius 3 is 2.50 bits per heavy atom.